The summed E-state index contributed by atoms with van der Waals surface area (Å²) in [5.74, 6) is 0.386. The number of carbonyl (C=O) groups is 2. The molecule has 6 rings (SSSR count). The van der Waals surface area contributed by atoms with Crippen molar-refractivity contribution in [3.05, 3.63) is 71.9 Å². The molecule has 1 saturated carbocycles. The van der Waals surface area contributed by atoms with E-state index in [9.17, 15) is 9.59 Å². The number of thiophene rings is 1. The normalized spacial score (nSPS) is 19.6. The molecule has 4 heterocycles. The zero-order valence-corrected chi connectivity index (χ0v) is 20.9. The number of nitrogens with one attached hydrogen (secondary N) is 2. The van der Waals surface area contributed by atoms with Crippen molar-refractivity contribution in [3.63, 3.8) is 0 Å². The van der Waals surface area contributed by atoms with Crippen molar-refractivity contribution in [2.75, 3.05) is 23.3 Å². The summed E-state index contributed by atoms with van der Waals surface area (Å²) in [5.41, 5.74) is 4.28. The third kappa shape index (κ3) is 3.86. The quantitative estimate of drug-likeness (QED) is 0.399. The number of rotatable bonds is 6. The van der Waals surface area contributed by atoms with E-state index < -0.39 is 0 Å². The van der Waals surface area contributed by atoms with Gasteiger partial charge in [0.1, 0.15) is 9.71 Å². The van der Waals surface area contributed by atoms with Crippen molar-refractivity contribution in [1.29, 1.82) is 0 Å². The molecule has 1 aromatic carbocycles. The Balaban J connectivity index is 1.32. The first-order valence-corrected chi connectivity index (χ1v) is 13.3. The summed E-state index contributed by atoms with van der Waals surface area (Å²) in [4.78, 5) is 36.4. The first-order valence-electron chi connectivity index (χ1n) is 12.5. The van der Waals surface area contributed by atoms with Crippen LogP contribution < -0.4 is 15.5 Å². The summed E-state index contributed by atoms with van der Waals surface area (Å²) in [6.45, 7) is 9.45. The van der Waals surface area contributed by atoms with Crippen LogP contribution in [0, 0.1) is 0 Å². The van der Waals surface area contributed by atoms with Gasteiger partial charge in [0, 0.05) is 31.0 Å². The fraction of sp³-hybridized carbons (Fsp3) is 0.321. The van der Waals surface area contributed by atoms with E-state index in [-0.39, 0.29) is 18.0 Å². The van der Waals surface area contributed by atoms with E-state index >= 15 is 0 Å². The Morgan fingerprint density at radius 3 is 2.86 bits per heavy atom. The number of benzene rings is 1. The molecular formula is C28H29N5O2S. The Labute approximate surface area is 214 Å². The molecule has 2 aliphatic heterocycles. The summed E-state index contributed by atoms with van der Waals surface area (Å²) in [6.07, 6.45) is 8.97. The van der Waals surface area contributed by atoms with E-state index in [4.69, 9.17) is 0 Å². The molecule has 184 valence electrons. The second kappa shape index (κ2) is 9.09. The van der Waals surface area contributed by atoms with Crippen LogP contribution in [0.3, 0.4) is 0 Å². The number of anilines is 3. The predicted octanol–water partition coefficient (Wildman–Crippen LogP) is 6.14. The van der Waals surface area contributed by atoms with E-state index in [1.807, 2.05) is 18.2 Å². The standard InChI is InChI=1S/C28H29N5O2S/c1-3-17(2)32-14-6-10-20(16-32)30-26(34)25-24-23-22(12-13-29-27(23)36-25)33(28(35)31-24)21-11-5-9-19(15-21)18-7-4-8-18/h3,5,9,11-13,15,18,20H,1-2,4,6-8,10,14,16H2,(H,30,34)(H,31,35)/t20-/m1/s1. The van der Waals surface area contributed by atoms with Crippen molar-refractivity contribution in [3.8, 4) is 0 Å². The van der Waals surface area contributed by atoms with Crippen LogP contribution in [-0.4, -0.2) is 41.0 Å². The highest BCUT2D eigenvalue weighted by Gasteiger charge is 2.34. The molecule has 3 aliphatic rings. The van der Waals surface area contributed by atoms with Crippen LogP contribution in [0.1, 0.15) is 53.3 Å². The fourth-order valence-corrected chi connectivity index (χ4v) is 6.42. The number of carbonyl (C=O) groups excluding carboxylic acids is 2. The number of urea groups is 1. The van der Waals surface area contributed by atoms with Gasteiger partial charge in [-0.3, -0.25) is 9.69 Å². The Morgan fingerprint density at radius 2 is 2.08 bits per heavy atom. The summed E-state index contributed by atoms with van der Waals surface area (Å²) >= 11 is 1.32. The van der Waals surface area contributed by atoms with Gasteiger partial charge in [0.05, 0.1) is 22.4 Å². The minimum absolute atomic E-state index is 0.00201. The number of aromatic nitrogens is 1. The Kier molecular flexibility index (Phi) is 5.76. The van der Waals surface area contributed by atoms with Crippen LogP contribution in [0.25, 0.3) is 10.2 Å². The monoisotopic (exact) mass is 499 g/mol. The number of allylic oxidation sites excluding steroid dienone is 1. The first-order chi connectivity index (χ1) is 17.5. The maximum absolute atomic E-state index is 13.4. The number of amides is 3. The average molecular weight is 500 g/mol. The lowest BCUT2D eigenvalue weighted by molar-refractivity contribution is 0.0920. The van der Waals surface area contributed by atoms with Crippen LogP contribution in [-0.2, 0) is 0 Å². The first kappa shape index (κ1) is 22.8. The van der Waals surface area contributed by atoms with Crippen molar-refractivity contribution >= 4 is 50.6 Å². The molecule has 0 unspecified atom stereocenters. The maximum atomic E-state index is 13.4. The van der Waals surface area contributed by atoms with E-state index in [1.54, 1.807) is 17.2 Å². The van der Waals surface area contributed by atoms with Gasteiger partial charge < -0.3 is 15.5 Å². The van der Waals surface area contributed by atoms with Gasteiger partial charge in [0.25, 0.3) is 5.91 Å². The molecule has 8 heteroatoms. The number of nitrogens with zero attached hydrogens (tertiary/aromatic N) is 3. The van der Waals surface area contributed by atoms with Gasteiger partial charge in [-0.05, 0) is 61.4 Å². The van der Waals surface area contributed by atoms with Crippen LogP contribution >= 0.6 is 11.3 Å². The molecule has 3 aromatic rings. The van der Waals surface area contributed by atoms with Crippen molar-refractivity contribution < 1.29 is 9.59 Å². The van der Waals surface area contributed by atoms with Crippen LogP contribution in [0.5, 0.6) is 0 Å². The Bertz CT molecular complexity index is 1390. The number of likely N-dealkylation sites (tertiary alicyclic amines) is 1. The van der Waals surface area contributed by atoms with E-state index in [0.717, 1.165) is 46.7 Å². The topological polar surface area (TPSA) is 77.6 Å². The maximum Gasteiger partial charge on any atom is 0.331 e. The summed E-state index contributed by atoms with van der Waals surface area (Å²) in [6, 6.07) is 9.83. The summed E-state index contributed by atoms with van der Waals surface area (Å²) in [7, 11) is 0. The van der Waals surface area contributed by atoms with Crippen LogP contribution in [0.15, 0.2) is 61.5 Å². The third-order valence-corrected chi connectivity index (χ3v) is 8.65. The molecule has 0 spiro atoms. The lowest BCUT2D eigenvalue weighted by Gasteiger charge is -2.35. The highest BCUT2D eigenvalue weighted by atomic mass is 32.1. The predicted molar refractivity (Wildman–Crippen MR) is 145 cm³/mol. The van der Waals surface area contributed by atoms with Gasteiger partial charge in [-0.2, -0.15) is 0 Å². The van der Waals surface area contributed by atoms with Gasteiger partial charge in [-0.1, -0.05) is 31.7 Å². The van der Waals surface area contributed by atoms with Crippen LogP contribution in [0.2, 0.25) is 0 Å². The fourth-order valence-electron chi connectivity index (χ4n) is 5.40. The molecule has 2 fully saturated rings. The number of piperidine rings is 1. The molecule has 36 heavy (non-hydrogen) atoms. The Morgan fingerprint density at radius 1 is 1.22 bits per heavy atom. The minimum Gasteiger partial charge on any atom is -0.370 e. The molecule has 1 saturated heterocycles. The zero-order valence-electron chi connectivity index (χ0n) is 20.1. The summed E-state index contributed by atoms with van der Waals surface area (Å²) < 4.78 is 0. The third-order valence-electron chi connectivity index (χ3n) is 7.56. The van der Waals surface area contributed by atoms with E-state index in [0.29, 0.717) is 23.0 Å². The van der Waals surface area contributed by atoms with Gasteiger partial charge in [-0.25, -0.2) is 9.78 Å². The van der Waals surface area contributed by atoms with Crippen molar-refractivity contribution in [1.82, 2.24) is 15.2 Å². The van der Waals surface area contributed by atoms with Crippen molar-refractivity contribution in [2.24, 2.45) is 0 Å². The van der Waals surface area contributed by atoms with Gasteiger partial charge in [-0.15, -0.1) is 11.3 Å². The average Bonchev–Trinajstić information content (AvgIpc) is 3.22. The highest BCUT2D eigenvalue weighted by molar-refractivity contribution is 7.21. The second-order valence-corrected chi connectivity index (χ2v) is 10.8. The second-order valence-electron chi connectivity index (χ2n) is 9.76. The minimum atomic E-state index is -0.265. The molecule has 2 N–H and O–H groups in total. The molecule has 7 nitrogen and oxygen atoms in total. The molecule has 3 amide bonds. The van der Waals surface area contributed by atoms with Crippen molar-refractivity contribution in [2.45, 2.75) is 44.1 Å². The molecule has 2 aromatic heterocycles. The highest BCUT2D eigenvalue weighted by Crippen LogP contribution is 2.46. The molecule has 1 atom stereocenters. The van der Waals surface area contributed by atoms with Crippen LogP contribution in [0.4, 0.5) is 21.9 Å². The SMILES string of the molecule is C=CC(=C)N1CCC[C@@H](NC(=O)c2sc3nccc4c3c2NC(=O)N4c2cccc(C3CCC3)c2)C1. The van der Waals surface area contributed by atoms with Gasteiger partial charge >= 0.3 is 6.03 Å². The lowest BCUT2D eigenvalue weighted by Crippen LogP contribution is -2.47. The molecular weight excluding hydrogens is 470 g/mol. The molecule has 1 aliphatic carbocycles. The van der Waals surface area contributed by atoms with E-state index in [1.165, 1.54) is 36.2 Å². The largest absolute Gasteiger partial charge is 0.370 e. The Hall–Kier alpha value is -3.65. The number of hydrogen-bond acceptors (Lipinski definition) is 5. The lowest BCUT2D eigenvalue weighted by atomic mass is 9.80. The smallest absolute Gasteiger partial charge is 0.331 e. The number of pyridine rings is 1. The number of hydrogen-bond donors (Lipinski definition) is 2. The van der Waals surface area contributed by atoms with E-state index in [2.05, 4.69) is 45.8 Å². The molecule has 0 radical (unpaired) electrons. The summed E-state index contributed by atoms with van der Waals surface area (Å²) in [5, 5.41) is 7.00. The van der Waals surface area contributed by atoms with Gasteiger partial charge in [0.15, 0.2) is 0 Å². The zero-order chi connectivity index (χ0) is 24.8. The van der Waals surface area contributed by atoms with Gasteiger partial charge in [0.2, 0.25) is 0 Å². The molecule has 0 bridgehead atoms.